The predicted octanol–water partition coefficient (Wildman–Crippen LogP) is 6.57. The van der Waals surface area contributed by atoms with Crippen molar-refractivity contribution < 1.29 is 23.4 Å². The standard InChI is InChI=1S/C30H24FNO4/c31-26-8-6-21(7-9-26)22-4-5-24(16-29(33)34)28(15-22)36-18-20-13-25-10-11-35-30(25)27(14-20)23-3-1-2-19(12-23)17-32/h1-15H,16-18,32H2,(H,33,34). The van der Waals surface area contributed by atoms with Crippen LogP contribution in [0.1, 0.15) is 16.7 Å². The number of hydrogen-bond donors (Lipinski definition) is 2. The zero-order chi connectivity index (χ0) is 25.1. The summed E-state index contributed by atoms with van der Waals surface area (Å²) in [5.41, 5.74) is 12.6. The lowest BCUT2D eigenvalue weighted by Gasteiger charge is -2.14. The number of furan rings is 1. The number of benzene rings is 4. The Labute approximate surface area is 207 Å². The molecule has 0 radical (unpaired) electrons. The number of carbonyl (C=O) groups is 1. The Morgan fingerprint density at radius 3 is 2.47 bits per heavy atom. The summed E-state index contributed by atoms with van der Waals surface area (Å²) in [5, 5.41) is 10.3. The Kier molecular flexibility index (Phi) is 6.52. The lowest BCUT2D eigenvalue weighted by atomic mass is 9.99. The van der Waals surface area contributed by atoms with E-state index in [-0.39, 0.29) is 18.8 Å². The Bertz CT molecular complexity index is 1540. The van der Waals surface area contributed by atoms with Crippen molar-refractivity contribution in [2.75, 3.05) is 0 Å². The van der Waals surface area contributed by atoms with Gasteiger partial charge in [0.05, 0.1) is 12.7 Å². The van der Waals surface area contributed by atoms with Gasteiger partial charge in [-0.3, -0.25) is 4.79 Å². The lowest BCUT2D eigenvalue weighted by molar-refractivity contribution is -0.136. The minimum absolute atomic E-state index is 0.170. The van der Waals surface area contributed by atoms with Crippen molar-refractivity contribution in [3.05, 3.63) is 114 Å². The molecule has 5 nitrogen and oxygen atoms in total. The average Bonchev–Trinajstić information content (AvgIpc) is 3.36. The van der Waals surface area contributed by atoms with Crippen molar-refractivity contribution in [2.24, 2.45) is 5.73 Å². The number of hydrogen-bond acceptors (Lipinski definition) is 4. The van der Waals surface area contributed by atoms with Crippen LogP contribution < -0.4 is 10.5 Å². The van der Waals surface area contributed by atoms with Gasteiger partial charge in [0.1, 0.15) is 23.8 Å². The van der Waals surface area contributed by atoms with Gasteiger partial charge in [-0.15, -0.1) is 0 Å². The number of fused-ring (bicyclic) bond motifs is 1. The van der Waals surface area contributed by atoms with Crippen molar-refractivity contribution in [3.8, 4) is 28.0 Å². The molecule has 0 aliphatic carbocycles. The summed E-state index contributed by atoms with van der Waals surface area (Å²) in [5.74, 6) is -0.797. The molecule has 36 heavy (non-hydrogen) atoms. The van der Waals surface area contributed by atoms with Gasteiger partial charge in [-0.2, -0.15) is 0 Å². The van der Waals surface area contributed by atoms with Gasteiger partial charge in [0, 0.05) is 23.1 Å². The SMILES string of the molecule is NCc1cccc(-c2cc(COc3cc(-c4ccc(F)cc4)ccc3CC(=O)O)cc3ccoc23)c1. The fourth-order valence-electron chi connectivity index (χ4n) is 4.29. The maximum Gasteiger partial charge on any atom is 0.307 e. The number of carboxylic acids is 1. The maximum absolute atomic E-state index is 13.4. The van der Waals surface area contributed by atoms with E-state index < -0.39 is 5.97 Å². The molecule has 1 heterocycles. The number of rotatable bonds is 8. The maximum atomic E-state index is 13.4. The van der Waals surface area contributed by atoms with E-state index in [1.54, 1.807) is 30.5 Å². The third-order valence-electron chi connectivity index (χ3n) is 6.07. The average molecular weight is 482 g/mol. The first-order valence-electron chi connectivity index (χ1n) is 11.5. The molecule has 6 heteroatoms. The van der Waals surface area contributed by atoms with Crippen LogP contribution in [-0.2, 0) is 24.4 Å². The van der Waals surface area contributed by atoms with Crippen molar-refractivity contribution in [3.63, 3.8) is 0 Å². The highest BCUT2D eigenvalue weighted by molar-refractivity contribution is 5.93. The molecule has 5 rings (SSSR count). The fraction of sp³-hybridized carbons (Fsp3) is 0.100. The summed E-state index contributed by atoms with van der Waals surface area (Å²) in [7, 11) is 0. The van der Waals surface area contributed by atoms with Crippen LogP contribution in [0.4, 0.5) is 4.39 Å². The van der Waals surface area contributed by atoms with E-state index in [0.29, 0.717) is 17.9 Å². The van der Waals surface area contributed by atoms with Gasteiger partial charge in [0.25, 0.3) is 0 Å². The molecule has 0 atom stereocenters. The molecular formula is C30H24FNO4. The molecule has 0 saturated carbocycles. The van der Waals surface area contributed by atoms with E-state index in [2.05, 4.69) is 0 Å². The molecule has 0 amide bonds. The van der Waals surface area contributed by atoms with Crippen LogP contribution in [0.15, 0.2) is 95.6 Å². The molecule has 1 aromatic heterocycles. The summed E-state index contributed by atoms with van der Waals surface area (Å²) < 4.78 is 25.3. The van der Waals surface area contributed by atoms with Gasteiger partial charge >= 0.3 is 5.97 Å². The van der Waals surface area contributed by atoms with Crippen LogP contribution in [0, 0.1) is 5.82 Å². The monoisotopic (exact) mass is 481 g/mol. The summed E-state index contributed by atoms with van der Waals surface area (Å²) in [4.78, 5) is 11.4. The highest BCUT2D eigenvalue weighted by Gasteiger charge is 2.14. The number of halogens is 1. The summed E-state index contributed by atoms with van der Waals surface area (Å²) in [6.07, 6.45) is 1.49. The van der Waals surface area contributed by atoms with E-state index in [0.717, 1.165) is 44.3 Å². The highest BCUT2D eigenvalue weighted by atomic mass is 19.1. The zero-order valence-electron chi connectivity index (χ0n) is 19.4. The van der Waals surface area contributed by atoms with E-state index >= 15 is 0 Å². The lowest BCUT2D eigenvalue weighted by Crippen LogP contribution is -2.05. The topological polar surface area (TPSA) is 85.7 Å². The van der Waals surface area contributed by atoms with Crippen LogP contribution >= 0.6 is 0 Å². The Balaban J connectivity index is 1.49. The normalized spacial score (nSPS) is 11.1. The molecule has 0 unspecified atom stereocenters. The molecule has 0 spiro atoms. The molecule has 180 valence electrons. The van der Waals surface area contributed by atoms with E-state index in [4.69, 9.17) is 14.9 Å². The quantitative estimate of drug-likeness (QED) is 0.262. The van der Waals surface area contributed by atoms with Crippen LogP contribution in [0.3, 0.4) is 0 Å². The molecule has 0 fully saturated rings. The molecule has 0 saturated heterocycles. The van der Waals surface area contributed by atoms with Gasteiger partial charge in [0.2, 0.25) is 0 Å². The van der Waals surface area contributed by atoms with Crippen LogP contribution in [0.5, 0.6) is 5.75 Å². The van der Waals surface area contributed by atoms with Crippen LogP contribution in [0.25, 0.3) is 33.2 Å². The third-order valence-corrected chi connectivity index (χ3v) is 6.07. The van der Waals surface area contributed by atoms with Gasteiger partial charge in [-0.1, -0.05) is 42.5 Å². The van der Waals surface area contributed by atoms with E-state index in [1.807, 2.05) is 48.5 Å². The van der Waals surface area contributed by atoms with Crippen molar-refractivity contribution >= 4 is 16.9 Å². The molecule has 3 N–H and O–H groups in total. The van der Waals surface area contributed by atoms with Gasteiger partial charge < -0.3 is 20.0 Å². The number of carboxylic acid groups (broad SMARTS) is 1. The number of nitrogens with two attached hydrogens (primary N) is 1. The first kappa shape index (κ1) is 23.3. The molecule has 0 aliphatic heterocycles. The van der Waals surface area contributed by atoms with Crippen molar-refractivity contribution in [2.45, 2.75) is 19.6 Å². The van der Waals surface area contributed by atoms with Gasteiger partial charge in [-0.25, -0.2) is 4.39 Å². The van der Waals surface area contributed by atoms with Crippen LogP contribution in [0.2, 0.25) is 0 Å². The number of aliphatic carboxylic acids is 1. The molecule has 5 aromatic rings. The van der Waals surface area contributed by atoms with Crippen molar-refractivity contribution in [1.29, 1.82) is 0 Å². The highest BCUT2D eigenvalue weighted by Crippen LogP contribution is 2.33. The van der Waals surface area contributed by atoms with Gasteiger partial charge in [0.15, 0.2) is 0 Å². The predicted molar refractivity (Wildman–Crippen MR) is 137 cm³/mol. The van der Waals surface area contributed by atoms with Crippen molar-refractivity contribution in [1.82, 2.24) is 0 Å². The van der Waals surface area contributed by atoms with Crippen LogP contribution in [-0.4, -0.2) is 11.1 Å². The van der Waals surface area contributed by atoms with E-state index in [9.17, 15) is 14.3 Å². The largest absolute Gasteiger partial charge is 0.489 e. The minimum atomic E-state index is -0.948. The molecule has 0 bridgehead atoms. The smallest absolute Gasteiger partial charge is 0.307 e. The Hall–Kier alpha value is -4.42. The summed E-state index contributed by atoms with van der Waals surface area (Å²) in [6.45, 7) is 0.666. The zero-order valence-corrected chi connectivity index (χ0v) is 19.4. The second-order valence-electron chi connectivity index (χ2n) is 8.58. The second kappa shape index (κ2) is 10.1. The first-order chi connectivity index (χ1) is 17.5. The first-order valence-corrected chi connectivity index (χ1v) is 11.5. The Morgan fingerprint density at radius 2 is 1.69 bits per heavy atom. The fourth-order valence-corrected chi connectivity index (χ4v) is 4.29. The van der Waals surface area contributed by atoms with E-state index in [1.165, 1.54) is 12.1 Å². The summed E-state index contributed by atoms with van der Waals surface area (Å²) >= 11 is 0. The molecule has 0 aliphatic rings. The number of ether oxygens (including phenoxy) is 1. The minimum Gasteiger partial charge on any atom is -0.489 e. The van der Waals surface area contributed by atoms with Gasteiger partial charge in [-0.05, 0) is 70.3 Å². The third kappa shape index (κ3) is 4.99. The Morgan fingerprint density at radius 1 is 0.889 bits per heavy atom. The second-order valence-corrected chi connectivity index (χ2v) is 8.58. The summed E-state index contributed by atoms with van der Waals surface area (Å²) in [6, 6.07) is 25.4. The molecule has 4 aromatic carbocycles. The molecular weight excluding hydrogens is 457 g/mol.